The minimum absolute atomic E-state index is 0.0377. The Labute approximate surface area is 70.7 Å². The molecule has 0 radical (unpaired) electrons. The number of phenols is 2. The molecule has 0 saturated heterocycles. The van der Waals surface area contributed by atoms with E-state index in [0.717, 1.165) is 17.8 Å². The van der Waals surface area contributed by atoms with Gasteiger partial charge < -0.3 is 15.5 Å². The zero-order chi connectivity index (χ0) is 8.72. The van der Waals surface area contributed by atoms with Crippen molar-refractivity contribution in [2.24, 2.45) is 0 Å². The molecule has 0 saturated carbocycles. The smallest absolute Gasteiger partial charge is 0.159 e. The predicted molar refractivity (Wildman–Crippen MR) is 46.7 cm³/mol. The van der Waals surface area contributed by atoms with Gasteiger partial charge in [-0.05, 0) is 11.6 Å². The average Bonchev–Trinajstić information content (AvgIpc) is 2.35. The lowest BCUT2D eigenvalue weighted by molar-refractivity contribution is 0.403. The first-order chi connectivity index (χ1) is 5.68. The second kappa shape index (κ2) is 2.30. The maximum atomic E-state index is 9.22. The topological polar surface area (TPSA) is 52.5 Å². The van der Waals surface area contributed by atoms with Crippen molar-refractivity contribution >= 4 is 5.69 Å². The van der Waals surface area contributed by atoms with Crippen LogP contribution in [0.15, 0.2) is 12.1 Å². The van der Waals surface area contributed by atoms with Gasteiger partial charge in [-0.25, -0.2) is 0 Å². The third kappa shape index (κ3) is 0.897. The molecule has 1 aromatic carbocycles. The van der Waals surface area contributed by atoms with E-state index in [1.54, 1.807) is 12.1 Å². The molecule has 3 nitrogen and oxygen atoms in total. The van der Waals surface area contributed by atoms with Crippen molar-refractivity contribution in [2.75, 3.05) is 11.9 Å². The van der Waals surface area contributed by atoms with Crippen molar-refractivity contribution in [1.29, 1.82) is 0 Å². The van der Waals surface area contributed by atoms with Crippen molar-refractivity contribution < 1.29 is 10.2 Å². The molecular formula is C9H11NO2. The molecular weight excluding hydrogens is 154 g/mol. The fourth-order valence-corrected chi connectivity index (χ4v) is 1.53. The minimum atomic E-state index is -0.0599. The highest BCUT2D eigenvalue weighted by Gasteiger charge is 2.19. The molecule has 2 rings (SSSR count). The van der Waals surface area contributed by atoms with E-state index >= 15 is 0 Å². The fourth-order valence-electron chi connectivity index (χ4n) is 1.53. The number of fused-ring (bicyclic) bond motifs is 1. The molecule has 3 heteroatoms. The molecule has 1 aliphatic heterocycles. The van der Waals surface area contributed by atoms with E-state index < -0.39 is 0 Å². The molecule has 0 bridgehead atoms. The zero-order valence-electron chi connectivity index (χ0n) is 6.83. The number of anilines is 1. The van der Waals surface area contributed by atoms with Gasteiger partial charge in [0.1, 0.15) is 0 Å². The molecule has 1 aliphatic rings. The minimum Gasteiger partial charge on any atom is -0.504 e. The molecule has 1 atom stereocenters. The average molecular weight is 165 g/mol. The summed E-state index contributed by atoms with van der Waals surface area (Å²) in [5.41, 5.74) is 2.00. The lowest BCUT2D eigenvalue weighted by Gasteiger charge is -2.04. The van der Waals surface area contributed by atoms with E-state index in [1.165, 1.54) is 0 Å². The highest BCUT2D eigenvalue weighted by molar-refractivity contribution is 5.64. The number of benzene rings is 1. The molecule has 0 aliphatic carbocycles. The van der Waals surface area contributed by atoms with Crippen molar-refractivity contribution in [1.82, 2.24) is 0 Å². The van der Waals surface area contributed by atoms with Gasteiger partial charge in [0.05, 0.1) is 0 Å². The maximum absolute atomic E-state index is 9.22. The van der Waals surface area contributed by atoms with E-state index in [1.807, 2.05) is 0 Å². The summed E-state index contributed by atoms with van der Waals surface area (Å²) < 4.78 is 0. The van der Waals surface area contributed by atoms with E-state index in [2.05, 4.69) is 12.2 Å². The molecule has 3 N–H and O–H groups in total. The Balaban J connectivity index is 2.56. The molecule has 0 spiro atoms. The molecule has 64 valence electrons. The molecule has 1 unspecified atom stereocenters. The second-order valence-electron chi connectivity index (χ2n) is 3.21. The first-order valence-corrected chi connectivity index (χ1v) is 3.98. The summed E-state index contributed by atoms with van der Waals surface area (Å²) in [6.07, 6.45) is 0. The summed E-state index contributed by atoms with van der Waals surface area (Å²) >= 11 is 0. The number of hydrogen-bond acceptors (Lipinski definition) is 3. The van der Waals surface area contributed by atoms with Crippen LogP contribution in [0.5, 0.6) is 11.5 Å². The van der Waals surface area contributed by atoms with Crippen LogP contribution >= 0.6 is 0 Å². The Morgan fingerprint density at radius 3 is 2.75 bits per heavy atom. The van der Waals surface area contributed by atoms with Crippen molar-refractivity contribution in [3.63, 3.8) is 0 Å². The van der Waals surface area contributed by atoms with Crippen molar-refractivity contribution in [3.8, 4) is 11.5 Å². The van der Waals surface area contributed by atoms with Crippen LogP contribution in [0.4, 0.5) is 5.69 Å². The lowest BCUT2D eigenvalue weighted by atomic mass is 10.0. The standard InChI is InChI=1S/C9H11NO2/c1-5-4-10-7-3-9(12)8(11)2-6(5)7/h2-3,5,10-12H,4H2,1H3. The number of rotatable bonds is 0. The molecule has 1 aromatic rings. The van der Waals surface area contributed by atoms with Gasteiger partial charge in [0.25, 0.3) is 0 Å². The van der Waals surface area contributed by atoms with Gasteiger partial charge >= 0.3 is 0 Å². The predicted octanol–water partition coefficient (Wildman–Crippen LogP) is 1.63. The van der Waals surface area contributed by atoms with E-state index in [4.69, 9.17) is 0 Å². The van der Waals surface area contributed by atoms with Gasteiger partial charge in [-0.15, -0.1) is 0 Å². The summed E-state index contributed by atoms with van der Waals surface area (Å²) in [6, 6.07) is 3.18. The van der Waals surface area contributed by atoms with Gasteiger partial charge in [0.2, 0.25) is 0 Å². The summed E-state index contributed by atoms with van der Waals surface area (Å²) in [7, 11) is 0. The second-order valence-corrected chi connectivity index (χ2v) is 3.21. The van der Waals surface area contributed by atoms with Crippen molar-refractivity contribution in [3.05, 3.63) is 17.7 Å². The Hall–Kier alpha value is -1.38. The third-order valence-corrected chi connectivity index (χ3v) is 2.28. The summed E-state index contributed by atoms with van der Waals surface area (Å²) in [5, 5.41) is 21.5. The first kappa shape index (κ1) is 7.28. The van der Waals surface area contributed by atoms with Gasteiger partial charge in [-0.3, -0.25) is 0 Å². The SMILES string of the molecule is CC1CNc2cc(O)c(O)cc21. The van der Waals surface area contributed by atoms with Crippen LogP contribution in [0.3, 0.4) is 0 Å². The Bertz CT molecular complexity index is 323. The molecule has 12 heavy (non-hydrogen) atoms. The molecule has 0 aromatic heterocycles. The van der Waals surface area contributed by atoms with Crippen LogP contribution in [0, 0.1) is 0 Å². The lowest BCUT2D eigenvalue weighted by Crippen LogP contribution is -1.95. The third-order valence-electron chi connectivity index (χ3n) is 2.28. The Morgan fingerprint density at radius 1 is 1.33 bits per heavy atom. The summed E-state index contributed by atoms with van der Waals surface area (Å²) in [6.45, 7) is 2.95. The van der Waals surface area contributed by atoms with Crippen LogP contribution in [-0.4, -0.2) is 16.8 Å². The highest BCUT2D eigenvalue weighted by atomic mass is 16.3. The van der Waals surface area contributed by atoms with Crippen molar-refractivity contribution in [2.45, 2.75) is 12.8 Å². The van der Waals surface area contributed by atoms with Crippen LogP contribution in [-0.2, 0) is 0 Å². The fraction of sp³-hybridized carbons (Fsp3) is 0.333. The van der Waals surface area contributed by atoms with Crippen LogP contribution < -0.4 is 5.32 Å². The largest absolute Gasteiger partial charge is 0.504 e. The van der Waals surface area contributed by atoms with E-state index in [0.29, 0.717) is 5.92 Å². The van der Waals surface area contributed by atoms with Crippen LogP contribution in [0.25, 0.3) is 0 Å². The number of nitrogens with one attached hydrogen (secondary N) is 1. The van der Waals surface area contributed by atoms with Crippen LogP contribution in [0.2, 0.25) is 0 Å². The zero-order valence-corrected chi connectivity index (χ0v) is 6.83. The first-order valence-electron chi connectivity index (χ1n) is 3.98. The number of phenolic OH excluding ortho intramolecular Hbond substituents is 2. The monoisotopic (exact) mass is 165 g/mol. The summed E-state index contributed by atoms with van der Waals surface area (Å²) in [4.78, 5) is 0. The van der Waals surface area contributed by atoms with Gasteiger partial charge in [-0.2, -0.15) is 0 Å². The number of hydrogen-bond donors (Lipinski definition) is 3. The van der Waals surface area contributed by atoms with Gasteiger partial charge in [-0.1, -0.05) is 6.92 Å². The Morgan fingerprint density at radius 2 is 2.00 bits per heavy atom. The van der Waals surface area contributed by atoms with Crippen LogP contribution in [0.1, 0.15) is 18.4 Å². The molecule has 0 amide bonds. The normalized spacial score (nSPS) is 20.2. The maximum Gasteiger partial charge on any atom is 0.159 e. The Kier molecular flexibility index (Phi) is 1.40. The quantitative estimate of drug-likeness (QED) is 0.404. The highest BCUT2D eigenvalue weighted by Crippen LogP contribution is 2.38. The molecule has 0 fully saturated rings. The van der Waals surface area contributed by atoms with E-state index in [-0.39, 0.29) is 11.5 Å². The van der Waals surface area contributed by atoms with Gasteiger partial charge in [0, 0.05) is 24.2 Å². The summed E-state index contributed by atoms with van der Waals surface area (Å²) in [5.74, 6) is 0.311. The molecule has 1 heterocycles. The van der Waals surface area contributed by atoms with Gasteiger partial charge in [0.15, 0.2) is 11.5 Å². The number of aromatic hydroxyl groups is 2. The van der Waals surface area contributed by atoms with E-state index in [9.17, 15) is 10.2 Å².